The zero-order chi connectivity index (χ0) is 15.9. The number of hydrogen-bond acceptors (Lipinski definition) is 5. The van der Waals surface area contributed by atoms with Crippen LogP contribution in [0.4, 0.5) is 0 Å². The molecule has 1 fully saturated rings. The molecule has 0 aliphatic carbocycles. The highest BCUT2D eigenvalue weighted by Gasteiger charge is 2.20. The fourth-order valence-electron chi connectivity index (χ4n) is 2.63. The summed E-state index contributed by atoms with van der Waals surface area (Å²) in [5, 5.41) is 3.45. The highest BCUT2D eigenvalue weighted by Crippen LogP contribution is 2.10. The van der Waals surface area contributed by atoms with Crippen molar-refractivity contribution >= 4 is 16.9 Å². The predicted molar refractivity (Wildman–Crippen MR) is 81.0 cm³/mol. The van der Waals surface area contributed by atoms with Gasteiger partial charge in [0, 0.05) is 46.5 Å². The second-order valence-corrected chi connectivity index (χ2v) is 5.34. The summed E-state index contributed by atoms with van der Waals surface area (Å²) in [5.41, 5.74) is -0.234. The second-order valence-electron chi connectivity index (χ2n) is 5.34. The molecule has 1 aliphatic rings. The summed E-state index contributed by atoms with van der Waals surface area (Å²) in [7, 11) is 2.96. The molecule has 0 saturated carbocycles. The maximum atomic E-state index is 12.5. The Balaban J connectivity index is 2.12. The topological polar surface area (TPSA) is 89.2 Å². The Morgan fingerprint density at radius 2 is 1.86 bits per heavy atom. The predicted octanol–water partition coefficient (Wildman–Crippen LogP) is -1.32. The van der Waals surface area contributed by atoms with Crippen LogP contribution in [0.1, 0.15) is 10.4 Å². The van der Waals surface area contributed by atoms with Crippen molar-refractivity contribution in [2.45, 2.75) is 0 Å². The van der Waals surface area contributed by atoms with Crippen molar-refractivity contribution in [2.75, 3.05) is 26.2 Å². The fourth-order valence-corrected chi connectivity index (χ4v) is 2.63. The smallest absolute Gasteiger partial charge is 0.332 e. The van der Waals surface area contributed by atoms with Crippen molar-refractivity contribution in [3.63, 3.8) is 0 Å². The normalized spacial score (nSPS) is 15.3. The largest absolute Gasteiger partial charge is 0.336 e. The second kappa shape index (κ2) is 5.38. The number of rotatable bonds is 1. The SMILES string of the molecule is Cn1c(=O)c2cc(C(=O)N3CCNCC3)cnc2n(C)c1=O. The Kier molecular flexibility index (Phi) is 3.53. The van der Waals surface area contributed by atoms with Crippen molar-refractivity contribution in [3.05, 3.63) is 38.7 Å². The van der Waals surface area contributed by atoms with Gasteiger partial charge in [0.2, 0.25) is 0 Å². The zero-order valence-corrected chi connectivity index (χ0v) is 12.5. The molecule has 0 atom stereocenters. The summed E-state index contributed by atoms with van der Waals surface area (Å²) in [5.74, 6) is -0.146. The van der Waals surface area contributed by atoms with Crippen LogP contribution in [0.2, 0.25) is 0 Å². The van der Waals surface area contributed by atoms with Crippen molar-refractivity contribution in [1.29, 1.82) is 0 Å². The molecule has 0 spiro atoms. The van der Waals surface area contributed by atoms with Crippen LogP contribution in [0, 0.1) is 0 Å². The van der Waals surface area contributed by atoms with Crippen molar-refractivity contribution in [3.8, 4) is 0 Å². The van der Waals surface area contributed by atoms with E-state index < -0.39 is 11.2 Å². The van der Waals surface area contributed by atoms with Crippen molar-refractivity contribution in [2.24, 2.45) is 14.1 Å². The summed E-state index contributed by atoms with van der Waals surface area (Å²) in [4.78, 5) is 42.4. The molecule has 116 valence electrons. The molecule has 0 aromatic carbocycles. The van der Waals surface area contributed by atoms with E-state index >= 15 is 0 Å². The Morgan fingerprint density at radius 3 is 2.55 bits per heavy atom. The molecule has 1 aliphatic heterocycles. The van der Waals surface area contributed by atoms with Crippen LogP contribution in [-0.4, -0.2) is 51.1 Å². The number of amides is 1. The molecular formula is C14H17N5O3. The number of fused-ring (bicyclic) bond motifs is 1. The van der Waals surface area contributed by atoms with Gasteiger partial charge in [-0.25, -0.2) is 9.78 Å². The average Bonchev–Trinajstić information content (AvgIpc) is 2.57. The average molecular weight is 303 g/mol. The number of piperazine rings is 1. The molecule has 3 heterocycles. The van der Waals surface area contributed by atoms with E-state index in [1.165, 1.54) is 23.9 Å². The van der Waals surface area contributed by atoms with Crippen LogP contribution in [0.15, 0.2) is 21.9 Å². The van der Waals surface area contributed by atoms with E-state index in [0.29, 0.717) is 18.7 Å². The molecule has 22 heavy (non-hydrogen) atoms. The lowest BCUT2D eigenvalue weighted by Crippen LogP contribution is -2.46. The van der Waals surface area contributed by atoms with Gasteiger partial charge in [-0.15, -0.1) is 0 Å². The van der Waals surface area contributed by atoms with Crippen molar-refractivity contribution in [1.82, 2.24) is 24.3 Å². The van der Waals surface area contributed by atoms with E-state index in [1.807, 2.05) is 0 Å². The minimum Gasteiger partial charge on any atom is -0.336 e. The minimum atomic E-state index is -0.444. The van der Waals surface area contributed by atoms with Gasteiger partial charge in [-0.1, -0.05) is 0 Å². The van der Waals surface area contributed by atoms with Crippen LogP contribution in [0.3, 0.4) is 0 Å². The van der Waals surface area contributed by atoms with Crippen LogP contribution in [-0.2, 0) is 14.1 Å². The first kappa shape index (κ1) is 14.5. The third-order valence-electron chi connectivity index (χ3n) is 3.94. The van der Waals surface area contributed by atoms with Crippen LogP contribution >= 0.6 is 0 Å². The Labute approximate surface area is 126 Å². The summed E-state index contributed by atoms with van der Waals surface area (Å²) < 4.78 is 2.32. The van der Waals surface area contributed by atoms with Crippen LogP contribution in [0.25, 0.3) is 11.0 Å². The number of carbonyl (C=O) groups is 1. The number of aromatic nitrogens is 3. The Hall–Kier alpha value is -2.48. The number of aryl methyl sites for hydroxylation is 1. The molecule has 0 unspecified atom stereocenters. The lowest BCUT2D eigenvalue weighted by atomic mass is 10.2. The van der Waals surface area contributed by atoms with Crippen LogP contribution < -0.4 is 16.6 Å². The van der Waals surface area contributed by atoms with Gasteiger partial charge >= 0.3 is 5.69 Å². The molecule has 0 bridgehead atoms. The van der Waals surface area contributed by atoms with Gasteiger partial charge in [0.1, 0.15) is 5.65 Å². The van der Waals surface area contributed by atoms with E-state index in [9.17, 15) is 14.4 Å². The molecule has 8 nitrogen and oxygen atoms in total. The van der Waals surface area contributed by atoms with Gasteiger partial charge in [0.15, 0.2) is 0 Å². The highest BCUT2D eigenvalue weighted by atomic mass is 16.2. The summed E-state index contributed by atoms with van der Waals surface area (Å²) in [6.07, 6.45) is 1.42. The first-order valence-electron chi connectivity index (χ1n) is 7.06. The van der Waals surface area contributed by atoms with E-state index in [2.05, 4.69) is 10.3 Å². The van der Waals surface area contributed by atoms with Gasteiger partial charge in [0.25, 0.3) is 11.5 Å². The van der Waals surface area contributed by atoms with E-state index in [4.69, 9.17) is 0 Å². The minimum absolute atomic E-state index is 0.146. The molecule has 2 aromatic rings. The zero-order valence-electron chi connectivity index (χ0n) is 12.5. The molecule has 1 N–H and O–H groups in total. The number of carbonyl (C=O) groups excluding carboxylic acids is 1. The molecule has 3 rings (SSSR count). The molecule has 2 aromatic heterocycles. The number of nitrogens with one attached hydrogen (secondary N) is 1. The third-order valence-corrected chi connectivity index (χ3v) is 3.94. The lowest BCUT2D eigenvalue weighted by molar-refractivity contribution is 0.0735. The first-order chi connectivity index (χ1) is 10.5. The molecule has 1 amide bonds. The number of hydrogen-bond donors (Lipinski definition) is 1. The number of pyridine rings is 1. The summed E-state index contributed by atoms with van der Waals surface area (Å²) in [6.45, 7) is 2.76. The van der Waals surface area contributed by atoms with E-state index in [0.717, 1.165) is 17.7 Å². The van der Waals surface area contributed by atoms with Gasteiger partial charge in [-0.3, -0.25) is 18.7 Å². The molecule has 1 saturated heterocycles. The Bertz CT molecular complexity index is 861. The maximum Gasteiger partial charge on any atom is 0.332 e. The summed E-state index contributed by atoms with van der Waals surface area (Å²) >= 11 is 0. The monoisotopic (exact) mass is 303 g/mol. The van der Waals surface area contributed by atoms with Crippen molar-refractivity contribution < 1.29 is 4.79 Å². The third kappa shape index (κ3) is 2.21. The van der Waals surface area contributed by atoms with E-state index in [1.54, 1.807) is 11.9 Å². The van der Waals surface area contributed by atoms with Gasteiger partial charge in [-0.2, -0.15) is 0 Å². The maximum absolute atomic E-state index is 12.5. The fraction of sp³-hybridized carbons (Fsp3) is 0.429. The lowest BCUT2D eigenvalue weighted by Gasteiger charge is -2.27. The van der Waals surface area contributed by atoms with Gasteiger partial charge in [-0.05, 0) is 6.07 Å². The van der Waals surface area contributed by atoms with Gasteiger partial charge in [0.05, 0.1) is 10.9 Å². The highest BCUT2D eigenvalue weighted by molar-refractivity contribution is 5.96. The standard InChI is InChI=1S/C14H17N5O3/c1-17-11-10(13(21)18(2)14(17)22)7-9(8-16-11)12(20)19-5-3-15-4-6-19/h7-8,15H,3-6H2,1-2H3. The first-order valence-corrected chi connectivity index (χ1v) is 7.06. The molecule has 0 radical (unpaired) electrons. The quantitative estimate of drug-likeness (QED) is 0.706. The Morgan fingerprint density at radius 1 is 1.18 bits per heavy atom. The van der Waals surface area contributed by atoms with E-state index in [-0.39, 0.29) is 16.9 Å². The number of nitrogens with zero attached hydrogens (tertiary/aromatic N) is 4. The van der Waals surface area contributed by atoms with Crippen LogP contribution in [0.5, 0.6) is 0 Å². The molecular weight excluding hydrogens is 286 g/mol. The van der Waals surface area contributed by atoms with Gasteiger partial charge < -0.3 is 10.2 Å². The summed E-state index contributed by atoms with van der Waals surface area (Å²) in [6, 6.07) is 1.52. The molecule has 8 heteroatoms.